The molecule has 0 fully saturated rings. The molecule has 0 amide bonds. The molecule has 1 N–H and O–H groups in total. The number of ether oxygens (including phenoxy) is 1. The molecule has 0 saturated carbocycles. The first-order valence-electron chi connectivity index (χ1n) is 11.9. The van der Waals surface area contributed by atoms with Gasteiger partial charge in [0.15, 0.2) is 5.78 Å². The number of carboxylic acid groups (broad SMARTS) is 1. The van der Waals surface area contributed by atoms with Crippen LogP contribution in [0.5, 0.6) is 0 Å². The molecule has 0 saturated heterocycles. The maximum atomic E-state index is 13.1. The summed E-state index contributed by atoms with van der Waals surface area (Å²) in [5.74, 6) is -0.791. The van der Waals surface area contributed by atoms with Crippen LogP contribution in [0.2, 0.25) is 5.02 Å². The van der Waals surface area contributed by atoms with E-state index in [0.29, 0.717) is 41.7 Å². The summed E-state index contributed by atoms with van der Waals surface area (Å²) in [6.07, 6.45) is 2.24. The molecule has 0 unspecified atom stereocenters. The van der Waals surface area contributed by atoms with Crippen molar-refractivity contribution in [3.63, 3.8) is 0 Å². The molecule has 8 heteroatoms. The molecular weight excluding hydrogens is 478 g/mol. The normalized spacial score (nSPS) is 11.7. The molecule has 1 aromatic heterocycles. The van der Waals surface area contributed by atoms with Crippen LogP contribution in [0.4, 0.5) is 0 Å². The quantitative estimate of drug-likeness (QED) is 0.230. The van der Waals surface area contributed by atoms with Crippen molar-refractivity contribution in [1.82, 2.24) is 9.55 Å². The number of benzene rings is 2. The van der Waals surface area contributed by atoms with Crippen molar-refractivity contribution in [2.75, 3.05) is 6.61 Å². The van der Waals surface area contributed by atoms with Gasteiger partial charge in [0.25, 0.3) is 0 Å². The lowest BCUT2D eigenvalue weighted by Crippen LogP contribution is -2.13. The van der Waals surface area contributed by atoms with E-state index in [9.17, 15) is 14.9 Å². The van der Waals surface area contributed by atoms with Crippen molar-refractivity contribution >= 4 is 23.4 Å². The highest BCUT2D eigenvalue weighted by Crippen LogP contribution is 2.26. The molecule has 0 aliphatic heterocycles. The molecule has 0 aliphatic carbocycles. The van der Waals surface area contributed by atoms with Gasteiger partial charge in [-0.05, 0) is 55.0 Å². The summed E-state index contributed by atoms with van der Waals surface area (Å²) in [6.45, 7) is 2.81. The first-order valence-corrected chi connectivity index (χ1v) is 12.3. The molecule has 0 bridgehead atoms. The Labute approximate surface area is 216 Å². The number of imidazole rings is 1. The second-order valence-corrected chi connectivity index (χ2v) is 9.39. The zero-order valence-electron chi connectivity index (χ0n) is 20.5. The van der Waals surface area contributed by atoms with Gasteiger partial charge in [-0.3, -0.25) is 9.59 Å². The minimum atomic E-state index is -0.927. The van der Waals surface area contributed by atoms with E-state index < -0.39 is 5.97 Å². The molecule has 36 heavy (non-hydrogen) atoms. The van der Waals surface area contributed by atoms with Crippen molar-refractivity contribution in [2.24, 2.45) is 13.0 Å². The molecule has 0 spiro atoms. The fraction of sp³-hybridized carbons (Fsp3) is 0.357. The van der Waals surface area contributed by atoms with E-state index in [-0.39, 0.29) is 24.5 Å². The Kier molecular flexibility index (Phi) is 9.80. The lowest BCUT2D eigenvalue weighted by molar-refractivity contribution is -0.137. The summed E-state index contributed by atoms with van der Waals surface area (Å²) in [6, 6.07) is 16.8. The van der Waals surface area contributed by atoms with Crippen molar-refractivity contribution in [3.8, 4) is 17.5 Å². The van der Waals surface area contributed by atoms with Gasteiger partial charge in [0.05, 0.1) is 18.2 Å². The molecule has 3 aromatic rings. The second-order valence-electron chi connectivity index (χ2n) is 8.95. The Balaban J connectivity index is 1.71. The molecule has 188 valence electrons. The molecular formula is C28H30ClN3O4. The number of unbranched alkanes of at least 4 members (excludes halogenated alkanes) is 1. The number of ketones is 1. The summed E-state index contributed by atoms with van der Waals surface area (Å²) >= 11 is 6.01. The van der Waals surface area contributed by atoms with Crippen LogP contribution < -0.4 is 0 Å². The predicted molar refractivity (Wildman–Crippen MR) is 138 cm³/mol. The number of carbonyl (C=O) groups excluding carboxylic acids is 1. The first kappa shape index (κ1) is 27.1. The zero-order valence-corrected chi connectivity index (χ0v) is 21.3. The average Bonchev–Trinajstić information content (AvgIpc) is 3.17. The van der Waals surface area contributed by atoms with Gasteiger partial charge in [-0.25, -0.2) is 4.98 Å². The van der Waals surface area contributed by atoms with Gasteiger partial charge in [-0.1, -0.05) is 42.8 Å². The van der Waals surface area contributed by atoms with Gasteiger partial charge in [-0.2, -0.15) is 5.26 Å². The molecule has 2 aromatic carbocycles. The fourth-order valence-electron chi connectivity index (χ4n) is 4.12. The Morgan fingerprint density at radius 1 is 1.17 bits per heavy atom. The number of nitriles is 1. The SMILES string of the molecule is C[C@H](CC(=O)O)CC(=O)c1nc(-c2cccc(C#N)c2)n(C)c1CCCCOCc1cccc(Cl)c1. The fourth-order valence-corrected chi connectivity index (χ4v) is 4.34. The van der Waals surface area contributed by atoms with Crippen molar-refractivity contribution in [2.45, 2.75) is 45.6 Å². The summed E-state index contributed by atoms with van der Waals surface area (Å²) in [4.78, 5) is 28.9. The van der Waals surface area contributed by atoms with E-state index in [1.54, 1.807) is 25.1 Å². The molecule has 7 nitrogen and oxygen atoms in total. The van der Waals surface area contributed by atoms with Gasteiger partial charge < -0.3 is 14.4 Å². The number of hydrogen-bond donors (Lipinski definition) is 1. The van der Waals surface area contributed by atoms with Crippen molar-refractivity contribution in [1.29, 1.82) is 5.26 Å². The minimum Gasteiger partial charge on any atom is -0.481 e. The van der Waals surface area contributed by atoms with Gasteiger partial charge in [0.2, 0.25) is 0 Å². The van der Waals surface area contributed by atoms with E-state index in [0.717, 1.165) is 29.7 Å². The van der Waals surface area contributed by atoms with Crippen LogP contribution in [-0.2, 0) is 29.6 Å². The third-order valence-corrected chi connectivity index (χ3v) is 6.13. The monoisotopic (exact) mass is 507 g/mol. The maximum Gasteiger partial charge on any atom is 0.303 e. The molecule has 0 aliphatic rings. The van der Waals surface area contributed by atoms with Crippen LogP contribution in [0.3, 0.4) is 0 Å². The lowest BCUT2D eigenvalue weighted by Gasteiger charge is -2.10. The summed E-state index contributed by atoms with van der Waals surface area (Å²) in [7, 11) is 1.86. The topological polar surface area (TPSA) is 105 Å². The molecule has 0 radical (unpaired) electrons. The number of carboxylic acids is 1. The summed E-state index contributed by atoms with van der Waals surface area (Å²) in [5, 5.41) is 19.0. The molecule has 1 heterocycles. The van der Waals surface area contributed by atoms with E-state index >= 15 is 0 Å². The van der Waals surface area contributed by atoms with Crippen LogP contribution >= 0.6 is 11.6 Å². The van der Waals surface area contributed by atoms with E-state index in [1.165, 1.54) is 0 Å². The van der Waals surface area contributed by atoms with Gasteiger partial charge >= 0.3 is 5.97 Å². The Hall–Kier alpha value is -3.47. The van der Waals surface area contributed by atoms with Gasteiger partial charge in [-0.15, -0.1) is 0 Å². The number of carbonyl (C=O) groups is 2. The first-order chi connectivity index (χ1) is 17.3. The largest absolute Gasteiger partial charge is 0.481 e. The average molecular weight is 508 g/mol. The molecule has 1 atom stereocenters. The third kappa shape index (κ3) is 7.51. The van der Waals surface area contributed by atoms with Crippen LogP contribution in [0, 0.1) is 17.2 Å². The highest BCUT2D eigenvalue weighted by atomic mass is 35.5. The number of nitrogens with zero attached hydrogens (tertiary/aromatic N) is 3. The Morgan fingerprint density at radius 3 is 2.67 bits per heavy atom. The van der Waals surface area contributed by atoms with Crippen LogP contribution in [-0.4, -0.2) is 33.0 Å². The van der Waals surface area contributed by atoms with E-state index in [4.69, 9.17) is 21.4 Å². The third-order valence-electron chi connectivity index (χ3n) is 5.89. The zero-order chi connectivity index (χ0) is 26.1. The number of hydrogen-bond acceptors (Lipinski definition) is 5. The second kappa shape index (κ2) is 13.0. The van der Waals surface area contributed by atoms with E-state index in [1.807, 2.05) is 41.9 Å². The number of aromatic nitrogens is 2. The van der Waals surface area contributed by atoms with Crippen LogP contribution in [0.15, 0.2) is 48.5 Å². The number of aliphatic carboxylic acids is 1. The highest BCUT2D eigenvalue weighted by Gasteiger charge is 2.23. The predicted octanol–water partition coefficient (Wildman–Crippen LogP) is 5.84. The summed E-state index contributed by atoms with van der Waals surface area (Å²) in [5.41, 5.74) is 3.44. The van der Waals surface area contributed by atoms with E-state index in [2.05, 4.69) is 11.1 Å². The Bertz CT molecular complexity index is 1260. The van der Waals surface area contributed by atoms with Gasteiger partial charge in [0, 0.05) is 42.8 Å². The van der Waals surface area contributed by atoms with Crippen molar-refractivity contribution < 1.29 is 19.4 Å². The number of halogens is 1. The minimum absolute atomic E-state index is 0.0745. The van der Waals surface area contributed by atoms with Crippen molar-refractivity contribution in [3.05, 3.63) is 76.1 Å². The standard InChI is InChI=1S/C28H30ClN3O4/c1-19(14-26(34)35)13-25(33)27-24(11-3-4-12-36-18-21-8-6-10-23(29)16-21)32(2)28(31-27)22-9-5-7-20(15-22)17-30/h5-10,15-16,19H,3-4,11-14,18H2,1-2H3,(H,34,35)/t19-/m0/s1. The smallest absolute Gasteiger partial charge is 0.303 e. The Morgan fingerprint density at radius 2 is 1.94 bits per heavy atom. The van der Waals surface area contributed by atoms with Crippen LogP contribution in [0.25, 0.3) is 11.4 Å². The number of Topliss-reactive ketones (excluding diaryl/α,β-unsaturated/α-hetero) is 1. The molecule has 3 rings (SSSR count). The highest BCUT2D eigenvalue weighted by molar-refractivity contribution is 6.30. The summed E-state index contributed by atoms with van der Waals surface area (Å²) < 4.78 is 7.68. The number of rotatable bonds is 13. The maximum absolute atomic E-state index is 13.1. The van der Waals surface area contributed by atoms with Gasteiger partial charge in [0.1, 0.15) is 11.5 Å². The lowest BCUT2D eigenvalue weighted by atomic mass is 9.98. The van der Waals surface area contributed by atoms with Crippen LogP contribution in [0.1, 0.15) is 59.9 Å².